The molecule has 4 heterocycles. The lowest BCUT2D eigenvalue weighted by Crippen LogP contribution is -2.41. The van der Waals surface area contributed by atoms with E-state index in [0.29, 0.717) is 29.6 Å². The summed E-state index contributed by atoms with van der Waals surface area (Å²) in [6.45, 7) is 5.98. The molecule has 3 aromatic heterocycles. The van der Waals surface area contributed by atoms with Crippen molar-refractivity contribution in [1.29, 1.82) is 0 Å². The molecule has 1 aromatic carbocycles. The summed E-state index contributed by atoms with van der Waals surface area (Å²) in [7, 11) is 0. The second-order valence-electron chi connectivity index (χ2n) is 10.2. The van der Waals surface area contributed by atoms with Crippen LogP contribution in [0.1, 0.15) is 45.2 Å². The van der Waals surface area contributed by atoms with E-state index in [1.165, 1.54) is 18.5 Å². The number of rotatable bonds is 5. The molecule has 0 spiro atoms. The fraction of sp³-hybridized carbons (Fsp3) is 0.370. The van der Waals surface area contributed by atoms with Gasteiger partial charge in [-0.05, 0) is 68.5 Å². The van der Waals surface area contributed by atoms with Crippen LogP contribution in [0.25, 0.3) is 21.9 Å². The molecule has 0 saturated carbocycles. The second-order valence-corrected chi connectivity index (χ2v) is 10.6. The van der Waals surface area contributed by atoms with Crippen molar-refractivity contribution in [2.45, 2.75) is 63.6 Å². The van der Waals surface area contributed by atoms with Crippen LogP contribution in [0.2, 0.25) is 5.02 Å². The number of nitrogens with two attached hydrogens (primary N) is 2. The number of ether oxygens (including phenoxy) is 2. The van der Waals surface area contributed by atoms with Gasteiger partial charge in [0.05, 0.1) is 22.0 Å². The molecule has 1 saturated heterocycles. The fourth-order valence-corrected chi connectivity index (χ4v) is 6.05. The van der Waals surface area contributed by atoms with Crippen molar-refractivity contribution in [3.63, 3.8) is 0 Å². The molecule has 4 N–H and O–H groups in total. The minimum absolute atomic E-state index is 0.152. The molecule has 37 heavy (non-hydrogen) atoms. The molecule has 1 fully saturated rings. The number of pyridine rings is 1. The SMILES string of the molecule is CC[C@]12OC(C)(C)O[C@H]1[C@H](n1ccc3c(N)ncnc31)C=C2CCc1cc(F)c2cc(Cl)c(N)nc2c1. The fourth-order valence-electron chi connectivity index (χ4n) is 5.90. The van der Waals surface area contributed by atoms with Crippen LogP contribution in [0.15, 0.2) is 48.4 Å². The molecule has 192 valence electrons. The summed E-state index contributed by atoms with van der Waals surface area (Å²) in [6, 6.07) is 6.69. The molecule has 1 aliphatic carbocycles. The Balaban J connectivity index is 1.38. The third-order valence-electron chi connectivity index (χ3n) is 7.52. The Hall–Kier alpha value is -3.27. The van der Waals surface area contributed by atoms with Crippen LogP contribution in [0.3, 0.4) is 0 Å². The van der Waals surface area contributed by atoms with Gasteiger partial charge in [0.25, 0.3) is 0 Å². The lowest BCUT2D eigenvalue weighted by molar-refractivity contribution is -0.160. The van der Waals surface area contributed by atoms with Crippen LogP contribution < -0.4 is 11.5 Å². The quantitative estimate of drug-likeness (QED) is 0.339. The average molecular weight is 523 g/mol. The maximum atomic E-state index is 14.9. The minimum Gasteiger partial charge on any atom is -0.383 e. The number of aromatic nitrogens is 4. The molecule has 0 amide bonds. The van der Waals surface area contributed by atoms with E-state index in [9.17, 15) is 4.39 Å². The summed E-state index contributed by atoms with van der Waals surface area (Å²) in [6.07, 6.45) is 7.36. The lowest BCUT2D eigenvalue weighted by atomic mass is 9.86. The lowest BCUT2D eigenvalue weighted by Gasteiger charge is -2.31. The van der Waals surface area contributed by atoms with Crippen molar-refractivity contribution in [3.8, 4) is 0 Å². The van der Waals surface area contributed by atoms with Gasteiger partial charge in [-0.15, -0.1) is 0 Å². The number of nitrogens with zero attached hydrogens (tertiary/aromatic N) is 4. The highest BCUT2D eigenvalue weighted by Crippen LogP contribution is 2.54. The number of hydrogen-bond donors (Lipinski definition) is 2. The first-order valence-electron chi connectivity index (χ1n) is 12.3. The number of aryl methyl sites for hydroxylation is 1. The summed E-state index contributed by atoms with van der Waals surface area (Å²) < 4.78 is 30.1. The van der Waals surface area contributed by atoms with Gasteiger partial charge in [-0.3, -0.25) is 0 Å². The molecule has 10 heteroatoms. The molecule has 0 bridgehead atoms. The molecule has 1 aliphatic heterocycles. The van der Waals surface area contributed by atoms with Crippen LogP contribution in [0, 0.1) is 5.82 Å². The van der Waals surface area contributed by atoms with Gasteiger partial charge in [0.15, 0.2) is 5.79 Å². The maximum Gasteiger partial charge on any atom is 0.164 e. The zero-order valence-electron chi connectivity index (χ0n) is 20.8. The van der Waals surface area contributed by atoms with Crippen LogP contribution in [0.5, 0.6) is 0 Å². The Bertz CT molecular complexity index is 1580. The molecule has 3 atom stereocenters. The number of benzene rings is 1. The van der Waals surface area contributed by atoms with Gasteiger partial charge in [0.2, 0.25) is 0 Å². The summed E-state index contributed by atoms with van der Waals surface area (Å²) in [4.78, 5) is 12.9. The molecule has 4 aromatic rings. The third kappa shape index (κ3) is 3.75. The Morgan fingerprint density at radius 3 is 2.70 bits per heavy atom. The van der Waals surface area contributed by atoms with E-state index in [2.05, 4.69) is 32.5 Å². The standard InChI is InChI=1S/C27H28ClFN6O2/c1-4-27-15(6-5-14-9-19(29)17-12-18(28)24(31)34-20(17)10-14)11-21(22(27)36-26(2,3)37-27)35-8-7-16-23(30)32-13-33-25(16)35/h7-13,21-22H,4-6H2,1-3H3,(H2,31,34)(H2,30,32,33)/t21-,22+,27-/m1/s1. The number of nitrogen functional groups attached to an aromatic ring is 2. The first-order chi connectivity index (χ1) is 17.6. The largest absolute Gasteiger partial charge is 0.383 e. The number of hydrogen-bond acceptors (Lipinski definition) is 7. The molecule has 6 rings (SSSR count). The summed E-state index contributed by atoms with van der Waals surface area (Å²) in [5.74, 6) is -0.515. The smallest absolute Gasteiger partial charge is 0.164 e. The number of anilines is 2. The normalized spacial score (nSPS) is 24.6. The molecular weight excluding hydrogens is 495 g/mol. The van der Waals surface area contributed by atoms with Gasteiger partial charge in [-0.1, -0.05) is 24.6 Å². The van der Waals surface area contributed by atoms with Crippen molar-refractivity contribution < 1.29 is 13.9 Å². The zero-order chi connectivity index (χ0) is 26.1. The van der Waals surface area contributed by atoms with Gasteiger partial charge in [0.1, 0.15) is 41.1 Å². The first kappa shape index (κ1) is 24.1. The van der Waals surface area contributed by atoms with Gasteiger partial charge >= 0.3 is 0 Å². The summed E-state index contributed by atoms with van der Waals surface area (Å²) in [5.41, 5.74) is 14.5. The topological polar surface area (TPSA) is 114 Å². The van der Waals surface area contributed by atoms with E-state index in [-0.39, 0.29) is 28.8 Å². The summed E-state index contributed by atoms with van der Waals surface area (Å²) >= 11 is 6.05. The Morgan fingerprint density at radius 2 is 1.92 bits per heavy atom. The van der Waals surface area contributed by atoms with Gasteiger partial charge < -0.3 is 25.5 Å². The van der Waals surface area contributed by atoms with Gasteiger partial charge in [-0.25, -0.2) is 19.3 Å². The summed E-state index contributed by atoms with van der Waals surface area (Å²) in [5, 5.41) is 1.38. The average Bonchev–Trinajstić information content (AvgIpc) is 3.48. The highest BCUT2D eigenvalue weighted by Gasteiger charge is 2.60. The van der Waals surface area contributed by atoms with Crippen LogP contribution in [-0.2, 0) is 15.9 Å². The van der Waals surface area contributed by atoms with Crippen LogP contribution >= 0.6 is 11.6 Å². The van der Waals surface area contributed by atoms with Crippen molar-refractivity contribution in [3.05, 3.63) is 64.8 Å². The van der Waals surface area contributed by atoms with Gasteiger partial charge in [-0.2, -0.15) is 0 Å². The molecule has 8 nitrogen and oxygen atoms in total. The van der Waals surface area contributed by atoms with E-state index in [4.69, 9.17) is 32.5 Å². The van der Waals surface area contributed by atoms with E-state index in [1.807, 2.05) is 32.2 Å². The highest BCUT2D eigenvalue weighted by atomic mass is 35.5. The predicted octanol–water partition coefficient (Wildman–Crippen LogP) is 5.35. The van der Waals surface area contributed by atoms with Crippen LogP contribution in [-0.4, -0.2) is 37.0 Å². The first-order valence-corrected chi connectivity index (χ1v) is 12.7. The second kappa shape index (κ2) is 8.37. The van der Waals surface area contributed by atoms with Crippen molar-refractivity contribution in [2.24, 2.45) is 0 Å². The Kier molecular flexibility index (Phi) is 5.45. The third-order valence-corrected chi connectivity index (χ3v) is 7.82. The van der Waals surface area contributed by atoms with E-state index >= 15 is 0 Å². The zero-order valence-corrected chi connectivity index (χ0v) is 21.6. The van der Waals surface area contributed by atoms with Crippen molar-refractivity contribution in [2.75, 3.05) is 11.5 Å². The predicted molar refractivity (Wildman–Crippen MR) is 142 cm³/mol. The molecular formula is C27H28ClFN6O2. The van der Waals surface area contributed by atoms with Gasteiger partial charge in [0, 0.05) is 11.6 Å². The molecule has 0 radical (unpaired) electrons. The maximum absolute atomic E-state index is 14.9. The molecule has 0 unspecified atom stereocenters. The number of halogens is 2. The highest BCUT2D eigenvalue weighted by molar-refractivity contribution is 6.33. The van der Waals surface area contributed by atoms with Crippen LogP contribution in [0.4, 0.5) is 16.0 Å². The van der Waals surface area contributed by atoms with E-state index in [1.54, 1.807) is 0 Å². The monoisotopic (exact) mass is 522 g/mol. The number of fused-ring (bicyclic) bond motifs is 3. The molecule has 2 aliphatic rings. The Labute approximate surface area is 218 Å². The Morgan fingerprint density at radius 1 is 1.11 bits per heavy atom. The van der Waals surface area contributed by atoms with Crippen molar-refractivity contribution in [1.82, 2.24) is 19.5 Å². The van der Waals surface area contributed by atoms with Crippen molar-refractivity contribution >= 4 is 45.2 Å². The van der Waals surface area contributed by atoms with E-state index in [0.717, 1.165) is 28.6 Å². The minimum atomic E-state index is -0.759. The van der Waals surface area contributed by atoms with E-state index < -0.39 is 11.4 Å².